The number of hydrogen-bond acceptors (Lipinski definition) is 2. The fourth-order valence-electron chi connectivity index (χ4n) is 3.14. The van der Waals surface area contributed by atoms with Crippen LogP contribution in [0.2, 0.25) is 0 Å². The maximum atomic E-state index is 14.2. The summed E-state index contributed by atoms with van der Waals surface area (Å²) in [6.45, 7) is 5.61. The van der Waals surface area contributed by atoms with Crippen LogP contribution in [0.15, 0.2) is 46.2 Å². The summed E-state index contributed by atoms with van der Waals surface area (Å²) in [5.74, 6) is -1.18. The van der Waals surface area contributed by atoms with E-state index in [1.165, 1.54) is 11.6 Å². The number of aryl methyl sites for hydroxylation is 2. The van der Waals surface area contributed by atoms with Gasteiger partial charge in [-0.15, -0.1) is 0 Å². The first-order chi connectivity index (χ1) is 11.9. The highest BCUT2D eigenvalue weighted by atomic mass is 32.2. The van der Waals surface area contributed by atoms with E-state index in [2.05, 4.69) is 19.1 Å². The number of hydrogen-bond donors (Lipinski definition) is 1. The summed E-state index contributed by atoms with van der Waals surface area (Å²) in [6.07, 6.45) is 0.906. The van der Waals surface area contributed by atoms with Crippen LogP contribution in [0.25, 0.3) is 10.9 Å². The maximum Gasteiger partial charge on any atom is 0.323 e. The summed E-state index contributed by atoms with van der Waals surface area (Å²) in [5, 5.41) is 10.1. The molecule has 3 aromatic rings. The molecule has 3 nitrogen and oxygen atoms in total. The number of aromatic nitrogens is 1. The molecule has 1 N–H and O–H groups in total. The predicted molar refractivity (Wildman–Crippen MR) is 98.9 cm³/mol. The standard InChI is InChI=1S/C20H20FNO2S/c1-4-14-7-5-6-8-17(14)25-20-13(3)22(11-18(23)24)16-10-9-15(21)12(2)19(16)20/h5-10H,4,11H2,1-3H3,(H,23,24). The second-order valence-corrected chi connectivity index (χ2v) is 7.08. The molecule has 5 heteroatoms. The molecule has 0 amide bonds. The number of nitrogens with zero attached hydrogens (tertiary/aromatic N) is 1. The van der Waals surface area contributed by atoms with Gasteiger partial charge in [-0.3, -0.25) is 4.79 Å². The Labute approximate surface area is 150 Å². The number of halogens is 1. The van der Waals surface area contributed by atoms with Crippen molar-refractivity contribution < 1.29 is 14.3 Å². The molecular formula is C20H20FNO2S. The molecule has 0 unspecified atom stereocenters. The van der Waals surface area contributed by atoms with Gasteiger partial charge in [0.2, 0.25) is 0 Å². The lowest BCUT2D eigenvalue weighted by Gasteiger charge is -2.09. The molecule has 0 atom stereocenters. The number of benzene rings is 2. The average molecular weight is 357 g/mol. The molecule has 1 heterocycles. The molecule has 0 aliphatic rings. The van der Waals surface area contributed by atoms with Crippen LogP contribution in [0.4, 0.5) is 4.39 Å². The zero-order valence-electron chi connectivity index (χ0n) is 14.5. The number of fused-ring (bicyclic) bond motifs is 1. The van der Waals surface area contributed by atoms with Gasteiger partial charge in [0.25, 0.3) is 0 Å². The minimum absolute atomic E-state index is 0.136. The third kappa shape index (κ3) is 3.16. The number of rotatable bonds is 5. The maximum absolute atomic E-state index is 14.2. The number of carbonyl (C=O) groups is 1. The topological polar surface area (TPSA) is 42.2 Å². The van der Waals surface area contributed by atoms with Crippen molar-refractivity contribution >= 4 is 28.6 Å². The van der Waals surface area contributed by atoms with Crippen LogP contribution in [0.5, 0.6) is 0 Å². The van der Waals surface area contributed by atoms with Gasteiger partial charge < -0.3 is 9.67 Å². The Kier molecular flexibility index (Phi) is 4.86. The fourth-order valence-corrected chi connectivity index (χ4v) is 4.46. The largest absolute Gasteiger partial charge is 0.480 e. The number of carboxylic acid groups (broad SMARTS) is 1. The Balaban J connectivity index is 2.24. The van der Waals surface area contributed by atoms with Crippen LogP contribution in [-0.2, 0) is 17.8 Å². The number of aliphatic carboxylic acids is 1. The quantitative estimate of drug-likeness (QED) is 0.683. The van der Waals surface area contributed by atoms with Crippen LogP contribution in [0.1, 0.15) is 23.7 Å². The molecule has 0 spiro atoms. The lowest BCUT2D eigenvalue weighted by atomic mass is 10.1. The second-order valence-electron chi connectivity index (χ2n) is 6.02. The third-order valence-corrected chi connectivity index (χ3v) is 5.81. The van der Waals surface area contributed by atoms with Gasteiger partial charge in [-0.25, -0.2) is 4.39 Å². The molecule has 1 aromatic heterocycles. The Morgan fingerprint density at radius 2 is 1.92 bits per heavy atom. The van der Waals surface area contributed by atoms with Crippen molar-refractivity contribution in [2.24, 2.45) is 0 Å². The molecule has 3 rings (SSSR count). The summed E-state index contributed by atoms with van der Waals surface area (Å²) < 4.78 is 15.9. The minimum atomic E-state index is -0.910. The molecule has 0 aliphatic heterocycles. The van der Waals surface area contributed by atoms with Crippen molar-refractivity contribution in [3.63, 3.8) is 0 Å². The summed E-state index contributed by atoms with van der Waals surface area (Å²) in [5.41, 5.74) is 3.39. The SMILES string of the molecule is CCc1ccccc1Sc1c(C)n(CC(=O)O)c2ccc(F)c(C)c12. The zero-order chi connectivity index (χ0) is 18.1. The third-order valence-electron chi connectivity index (χ3n) is 4.49. The minimum Gasteiger partial charge on any atom is -0.480 e. The van der Waals surface area contributed by atoms with E-state index in [1.807, 2.05) is 19.1 Å². The monoisotopic (exact) mass is 357 g/mol. The van der Waals surface area contributed by atoms with E-state index >= 15 is 0 Å². The van der Waals surface area contributed by atoms with Crippen LogP contribution in [0, 0.1) is 19.7 Å². The van der Waals surface area contributed by atoms with Crippen molar-refractivity contribution in [3.8, 4) is 0 Å². The molecule has 130 valence electrons. The molecular weight excluding hydrogens is 337 g/mol. The summed E-state index contributed by atoms with van der Waals surface area (Å²) in [4.78, 5) is 13.3. The van der Waals surface area contributed by atoms with Gasteiger partial charge in [0.15, 0.2) is 0 Å². The van der Waals surface area contributed by atoms with Gasteiger partial charge in [0.1, 0.15) is 12.4 Å². The van der Waals surface area contributed by atoms with Crippen LogP contribution >= 0.6 is 11.8 Å². The van der Waals surface area contributed by atoms with Crippen molar-refractivity contribution in [1.29, 1.82) is 0 Å². The van der Waals surface area contributed by atoms with Crippen LogP contribution < -0.4 is 0 Å². The Bertz CT molecular complexity index is 962. The first kappa shape index (κ1) is 17.5. The summed E-state index contributed by atoms with van der Waals surface area (Å²) >= 11 is 1.59. The summed E-state index contributed by atoms with van der Waals surface area (Å²) in [7, 11) is 0. The predicted octanol–water partition coefficient (Wildman–Crippen LogP) is 5.20. The van der Waals surface area contributed by atoms with Crippen LogP contribution in [0.3, 0.4) is 0 Å². The Morgan fingerprint density at radius 1 is 1.20 bits per heavy atom. The van der Waals surface area contributed by atoms with Crippen molar-refractivity contribution in [1.82, 2.24) is 4.57 Å². The van der Waals surface area contributed by atoms with Gasteiger partial charge in [-0.2, -0.15) is 0 Å². The second kappa shape index (κ2) is 6.92. The van der Waals surface area contributed by atoms with E-state index in [0.717, 1.165) is 32.8 Å². The Hall–Kier alpha value is -2.27. The smallest absolute Gasteiger partial charge is 0.323 e. The zero-order valence-corrected chi connectivity index (χ0v) is 15.3. The first-order valence-corrected chi connectivity index (χ1v) is 9.01. The van der Waals surface area contributed by atoms with E-state index in [0.29, 0.717) is 5.56 Å². The highest BCUT2D eigenvalue weighted by Gasteiger charge is 2.20. The fraction of sp³-hybridized carbons (Fsp3) is 0.250. The molecule has 25 heavy (non-hydrogen) atoms. The van der Waals surface area contributed by atoms with E-state index in [1.54, 1.807) is 29.3 Å². The van der Waals surface area contributed by atoms with Crippen molar-refractivity contribution in [3.05, 3.63) is 59.0 Å². The molecule has 0 aliphatic carbocycles. The summed E-state index contributed by atoms with van der Waals surface area (Å²) in [6, 6.07) is 11.2. The first-order valence-electron chi connectivity index (χ1n) is 8.19. The molecule has 0 fully saturated rings. The molecule has 2 aromatic carbocycles. The van der Waals surface area contributed by atoms with Gasteiger partial charge in [0, 0.05) is 20.9 Å². The highest BCUT2D eigenvalue weighted by Crippen LogP contribution is 2.41. The molecule has 0 saturated carbocycles. The average Bonchev–Trinajstić information content (AvgIpc) is 2.84. The van der Waals surface area contributed by atoms with E-state index in [4.69, 9.17) is 0 Å². The van der Waals surface area contributed by atoms with Gasteiger partial charge in [0.05, 0.1) is 5.52 Å². The van der Waals surface area contributed by atoms with Crippen LogP contribution in [-0.4, -0.2) is 15.6 Å². The molecule has 0 bridgehead atoms. The molecule has 0 saturated heterocycles. The molecule has 0 radical (unpaired) electrons. The van der Waals surface area contributed by atoms with E-state index < -0.39 is 5.97 Å². The van der Waals surface area contributed by atoms with Crippen molar-refractivity contribution in [2.75, 3.05) is 0 Å². The van der Waals surface area contributed by atoms with E-state index in [9.17, 15) is 14.3 Å². The number of carboxylic acids is 1. The lowest BCUT2D eigenvalue weighted by molar-refractivity contribution is -0.137. The lowest BCUT2D eigenvalue weighted by Crippen LogP contribution is -2.09. The van der Waals surface area contributed by atoms with Gasteiger partial charge in [-0.1, -0.05) is 36.9 Å². The Morgan fingerprint density at radius 3 is 2.60 bits per heavy atom. The highest BCUT2D eigenvalue weighted by molar-refractivity contribution is 7.99. The van der Waals surface area contributed by atoms with E-state index in [-0.39, 0.29) is 12.4 Å². The van der Waals surface area contributed by atoms with Gasteiger partial charge >= 0.3 is 5.97 Å². The normalized spacial score (nSPS) is 11.2. The van der Waals surface area contributed by atoms with Gasteiger partial charge in [-0.05, 0) is 49.6 Å². The van der Waals surface area contributed by atoms with Crippen molar-refractivity contribution in [2.45, 2.75) is 43.5 Å².